The van der Waals surface area contributed by atoms with Crippen LogP contribution in [0.5, 0.6) is 0 Å². The lowest BCUT2D eigenvalue weighted by Gasteiger charge is -2.20. The molecular weight excluding hydrogens is 719 g/mol. The fourth-order valence-corrected chi connectivity index (χ4v) is 7.44. The topological polar surface area (TPSA) is 95.9 Å². The molecule has 2 unspecified atom stereocenters. The zero-order chi connectivity index (χ0) is 42.3. The van der Waals surface area contributed by atoms with E-state index in [0.29, 0.717) is 19.4 Å². The van der Waals surface area contributed by atoms with Gasteiger partial charge in [-0.1, -0.05) is 192 Å². The van der Waals surface area contributed by atoms with E-state index in [1.54, 1.807) is 6.08 Å². The second-order valence-corrected chi connectivity index (χ2v) is 17.1. The molecule has 0 bridgehead atoms. The average Bonchev–Trinajstić information content (AvgIpc) is 3.22. The van der Waals surface area contributed by atoms with E-state index in [1.165, 1.54) is 148 Å². The maximum absolute atomic E-state index is 12.4. The molecule has 2 atom stereocenters. The molecule has 0 aliphatic rings. The third-order valence-corrected chi connectivity index (χ3v) is 11.4. The van der Waals surface area contributed by atoms with Gasteiger partial charge in [0.25, 0.3) is 0 Å². The molecule has 58 heavy (non-hydrogen) atoms. The number of carbonyl (C=O) groups is 2. The summed E-state index contributed by atoms with van der Waals surface area (Å²) in [4.78, 5) is 24.4. The van der Waals surface area contributed by atoms with Crippen molar-refractivity contribution in [3.8, 4) is 0 Å². The minimum absolute atomic E-state index is 0.0330. The quantitative estimate of drug-likeness (QED) is 0.0323. The largest absolute Gasteiger partial charge is 0.466 e. The number of allylic oxidation sites excluding steroid dienone is 5. The molecule has 0 saturated heterocycles. The monoisotopic (exact) mass is 816 g/mol. The van der Waals surface area contributed by atoms with Crippen LogP contribution in [-0.4, -0.2) is 47.4 Å². The van der Waals surface area contributed by atoms with Gasteiger partial charge in [0.1, 0.15) is 0 Å². The molecule has 6 heteroatoms. The number of aliphatic hydroxyl groups is 2. The van der Waals surface area contributed by atoms with Gasteiger partial charge < -0.3 is 20.3 Å². The summed E-state index contributed by atoms with van der Waals surface area (Å²) in [5, 5.41) is 23.0. The Hall–Kier alpha value is -1.92. The summed E-state index contributed by atoms with van der Waals surface area (Å²) in [6.45, 7) is 4.82. The maximum Gasteiger partial charge on any atom is 0.305 e. The van der Waals surface area contributed by atoms with Gasteiger partial charge in [-0.15, -0.1) is 0 Å². The molecule has 0 aromatic heterocycles. The minimum Gasteiger partial charge on any atom is -0.466 e. The van der Waals surface area contributed by atoms with Gasteiger partial charge >= 0.3 is 5.97 Å². The Morgan fingerprint density at radius 3 is 1.22 bits per heavy atom. The summed E-state index contributed by atoms with van der Waals surface area (Å²) >= 11 is 0. The summed E-state index contributed by atoms with van der Waals surface area (Å²) in [5.41, 5.74) is 0. The molecule has 0 heterocycles. The number of hydrogen-bond donors (Lipinski definition) is 3. The minimum atomic E-state index is -0.860. The van der Waals surface area contributed by atoms with Crippen LogP contribution in [0.4, 0.5) is 0 Å². The number of unbranched alkanes of at least 4 members (excludes halogenated alkanes) is 31. The van der Waals surface area contributed by atoms with Crippen molar-refractivity contribution in [2.75, 3.05) is 13.2 Å². The van der Waals surface area contributed by atoms with E-state index in [9.17, 15) is 19.8 Å². The first-order valence-corrected chi connectivity index (χ1v) is 25.3. The highest BCUT2D eigenvalue weighted by molar-refractivity contribution is 5.76. The summed E-state index contributed by atoms with van der Waals surface area (Å²) < 4.78 is 5.44. The Labute approximate surface area is 360 Å². The van der Waals surface area contributed by atoms with Crippen molar-refractivity contribution in [2.24, 2.45) is 0 Å². The van der Waals surface area contributed by atoms with E-state index >= 15 is 0 Å². The number of amides is 1. The number of aliphatic hydroxyl groups excluding tert-OH is 2. The van der Waals surface area contributed by atoms with Crippen LogP contribution in [0, 0.1) is 0 Å². The highest BCUT2D eigenvalue weighted by Gasteiger charge is 2.18. The summed E-state index contributed by atoms with van der Waals surface area (Å²) in [7, 11) is 0. The molecule has 6 nitrogen and oxygen atoms in total. The van der Waals surface area contributed by atoms with Crippen LogP contribution in [0.3, 0.4) is 0 Å². The molecular formula is C52H97NO5. The van der Waals surface area contributed by atoms with E-state index in [1.807, 2.05) is 6.08 Å². The van der Waals surface area contributed by atoms with Crippen LogP contribution in [0.25, 0.3) is 0 Å². The molecule has 0 aromatic carbocycles. The first-order valence-electron chi connectivity index (χ1n) is 25.3. The fourth-order valence-electron chi connectivity index (χ4n) is 7.44. The molecule has 0 fully saturated rings. The lowest BCUT2D eigenvalue weighted by Crippen LogP contribution is -2.45. The van der Waals surface area contributed by atoms with Gasteiger partial charge in [0.2, 0.25) is 5.91 Å². The second kappa shape index (κ2) is 47.8. The Morgan fingerprint density at radius 2 is 0.810 bits per heavy atom. The van der Waals surface area contributed by atoms with Gasteiger partial charge in [0, 0.05) is 12.8 Å². The van der Waals surface area contributed by atoms with Crippen LogP contribution in [0.15, 0.2) is 36.5 Å². The van der Waals surface area contributed by atoms with Crippen LogP contribution < -0.4 is 5.32 Å². The molecule has 0 rings (SSSR count). The van der Waals surface area contributed by atoms with Gasteiger partial charge in [-0.25, -0.2) is 0 Å². The van der Waals surface area contributed by atoms with Crippen molar-refractivity contribution in [1.29, 1.82) is 0 Å². The molecule has 0 saturated carbocycles. The molecule has 0 aliphatic heterocycles. The van der Waals surface area contributed by atoms with E-state index in [2.05, 4.69) is 43.5 Å². The van der Waals surface area contributed by atoms with Gasteiger partial charge in [-0.05, 0) is 89.9 Å². The zero-order valence-electron chi connectivity index (χ0n) is 38.5. The number of carbonyl (C=O) groups excluding carboxylic acids is 2. The van der Waals surface area contributed by atoms with Crippen molar-refractivity contribution in [3.63, 3.8) is 0 Å². The summed E-state index contributed by atoms with van der Waals surface area (Å²) in [6, 6.07) is -0.646. The molecule has 0 radical (unpaired) electrons. The Morgan fingerprint density at radius 1 is 0.466 bits per heavy atom. The van der Waals surface area contributed by atoms with Crippen molar-refractivity contribution >= 4 is 11.9 Å². The molecule has 3 N–H and O–H groups in total. The highest BCUT2D eigenvalue weighted by Crippen LogP contribution is 2.14. The van der Waals surface area contributed by atoms with Crippen LogP contribution in [0.2, 0.25) is 0 Å². The molecule has 340 valence electrons. The Balaban J connectivity index is 3.55. The van der Waals surface area contributed by atoms with Crippen molar-refractivity contribution in [2.45, 2.75) is 270 Å². The van der Waals surface area contributed by atoms with Crippen LogP contribution >= 0.6 is 0 Å². The van der Waals surface area contributed by atoms with Crippen LogP contribution in [-0.2, 0) is 14.3 Å². The molecule has 0 spiro atoms. The zero-order valence-corrected chi connectivity index (χ0v) is 38.5. The SMILES string of the molecule is CCCCCCCC/C=C\CCCCCCCC(=O)OCCCCC/C=C\CCCCCCCC(=O)NC(CO)C(O)/C=C/CCCCCCCCCCCCCC. The van der Waals surface area contributed by atoms with Gasteiger partial charge in [-0.2, -0.15) is 0 Å². The first-order chi connectivity index (χ1) is 28.5. The average molecular weight is 816 g/mol. The van der Waals surface area contributed by atoms with E-state index < -0.39 is 12.1 Å². The number of rotatable bonds is 46. The number of ether oxygens (including phenoxy) is 1. The lowest BCUT2D eigenvalue weighted by molar-refractivity contribution is -0.143. The predicted molar refractivity (Wildman–Crippen MR) is 250 cm³/mol. The van der Waals surface area contributed by atoms with E-state index in [-0.39, 0.29) is 18.5 Å². The lowest BCUT2D eigenvalue weighted by atomic mass is 10.0. The van der Waals surface area contributed by atoms with Crippen LogP contribution in [0.1, 0.15) is 258 Å². The van der Waals surface area contributed by atoms with E-state index in [4.69, 9.17) is 4.74 Å². The molecule has 0 aliphatic carbocycles. The summed E-state index contributed by atoms with van der Waals surface area (Å²) in [6.07, 6.45) is 57.1. The van der Waals surface area contributed by atoms with Gasteiger partial charge in [0.05, 0.1) is 25.4 Å². The third kappa shape index (κ3) is 43.7. The second-order valence-electron chi connectivity index (χ2n) is 17.1. The normalized spacial score (nSPS) is 13.0. The highest BCUT2D eigenvalue weighted by atomic mass is 16.5. The maximum atomic E-state index is 12.4. The number of hydrogen-bond acceptors (Lipinski definition) is 5. The molecule has 0 aromatic rings. The third-order valence-electron chi connectivity index (χ3n) is 11.4. The van der Waals surface area contributed by atoms with Crippen molar-refractivity contribution in [1.82, 2.24) is 5.32 Å². The van der Waals surface area contributed by atoms with Gasteiger partial charge in [0.15, 0.2) is 0 Å². The summed E-state index contributed by atoms with van der Waals surface area (Å²) in [5.74, 6) is -0.128. The Bertz CT molecular complexity index is 946. The Kier molecular flexibility index (Phi) is 46.2. The smallest absolute Gasteiger partial charge is 0.305 e. The first kappa shape index (κ1) is 56.1. The predicted octanol–water partition coefficient (Wildman–Crippen LogP) is 14.9. The van der Waals surface area contributed by atoms with Gasteiger partial charge in [-0.3, -0.25) is 9.59 Å². The van der Waals surface area contributed by atoms with Crippen molar-refractivity contribution in [3.05, 3.63) is 36.5 Å². The van der Waals surface area contributed by atoms with Crippen molar-refractivity contribution < 1.29 is 24.5 Å². The number of esters is 1. The van der Waals surface area contributed by atoms with E-state index in [0.717, 1.165) is 83.5 Å². The fraction of sp³-hybridized carbons (Fsp3) is 0.846. The number of nitrogens with one attached hydrogen (secondary N) is 1. The standard InChI is InChI=1S/C52H97NO5/c1-3-5-7-9-11-13-15-17-19-21-26-30-34-38-42-46-52(57)58-47-43-39-35-31-27-23-22-25-29-33-37-41-45-51(56)53-49(48-54)50(55)44-40-36-32-28-24-20-18-16-14-12-10-8-6-4-2/h17,19,23,27,40,44,49-50,54-55H,3-16,18,20-22,24-26,28-39,41-43,45-48H2,1-2H3,(H,53,56)/b19-17-,27-23-,44-40+. The molecule has 1 amide bonds.